The third-order valence-electron chi connectivity index (χ3n) is 5.97. The van der Waals surface area contributed by atoms with Crippen LogP contribution < -0.4 is 10.6 Å². The molecule has 1 saturated carbocycles. The van der Waals surface area contributed by atoms with Crippen LogP contribution in [0.2, 0.25) is 0 Å². The van der Waals surface area contributed by atoms with E-state index in [1.807, 2.05) is 0 Å². The number of nitrogens with one attached hydrogen (secondary N) is 2. The number of carbonyl (C=O) groups is 1. The van der Waals surface area contributed by atoms with Crippen LogP contribution in [-0.4, -0.2) is 25.3 Å². The first-order chi connectivity index (χ1) is 11.5. The van der Waals surface area contributed by atoms with Crippen molar-refractivity contribution in [3.8, 4) is 0 Å². The molecule has 1 aliphatic heterocycles. The van der Waals surface area contributed by atoms with Crippen molar-refractivity contribution in [2.24, 2.45) is 5.41 Å². The van der Waals surface area contributed by atoms with E-state index >= 15 is 0 Å². The minimum atomic E-state index is -0.0351. The predicted octanol–water partition coefficient (Wildman–Crippen LogP) is 3.76. The van der Waals surface area contributed by atoms with Crippen LogP contribution in [0.15, 0.2) is 12.1 Å². The number of carbonyl (C=O) groups excluding carboxylic acids is 1. The van der Waals surface area contributed by atoms with Gasteiger partial charge in [0.25, 0.3) is 0 Å². The number of rotatable bonds is 3. The molecule has 1 aromatic rings. The van der Waals surface area contributed by atoms with Gasteiger partial charge in [-0.25, -0.2) is 4.79 Å². The minimum absolute atomic E-state index is 0.0351. The van der Waals surface area contributed by atoms with Crippen LogP contribution in [0.3, 0.4) is 0 Å². The van der Waals surface area contributed by atoms with E-state index in [4.69, 9.17) is 4.74 Å². The monoisotopic (exact) mass is 330 g/mol. The molecule has 1 heterocycles. The predicted molar refractivity (Wildman–Crippen MR) is 96.1 cm³/mol. The molecule has 1 atom stereocenters. The van der Waals surface area contributed by atoms with Crippen molar-refractivity contribution in [1.29, 1.82) is 0 Å². The average Bonchev–Trinajstić information content (AvgIpc) is 2.89. The summed E-state index contributed by atoms with van der Waals surface area (Å²) in [6.07, 6.45) is 5.68. The molecule has 2 aliphatic rings. The fraction of sp³-hybridized carbons (Fsp3) is 0.650. The van der Waals surface area contributed by atoms with E-state index in [-0.39, 0.29) is 11.4 Å². The van der Waals surface area contributed by atoms with Gasteiger partial charge in [-0.15, -0.1) is 0 Å². The molecule has 2 amide bonds. The van der Waals surface area contributed by atoms with Crippen molar-refractivity contribution < 1.29 is 9.53 Å². The normalized spacial score (nSPS) is 22.5. The van der Waals surface area contributed by atoms with Gasteiger partial charge in [-0.1, -0.05) is 24.1 Å². The molecule has 1 spiro atoms. The molecular formula is C20H30N2O2. The standard InChI is InChI=1S/C20H30N2O2/c1-14-11-15(2)17(16(3)12-14)13-21-19(23)22-18-5-4-6-20(18)7-9-24-10-8-20/h11-12,18H,4-10,13H2,1-3H3,(H2,21,22,23). The van der Waals surface area contributed by atoms with Crippen LogP contribution in [0.1, 0.15) is 54.4 Å². The van der Waals surface area contributed by atoms with Crippen molar-refractivity contribution in [2.75, 3.05) is 13.2 Å². The van der Waals surface area contributed by atoms with Crippen molar-refractivity contribution >= 4 is 6.03 Å². The lowest BCUT2D eigenvalue weighted by Gasteiger charge is -2.39. The number of hydrogen-bond donors (Lipinski definition) is 2. The first-order valence-electron chi connectivity index (χ1n) is 9.19. The van der Waals surface area contributed by atoms with Gasteiger partial charge in [0, 0.05) is 25.8 Å². The zero-order chi connectivity index (χ0) is 17.2. The molecular weight excluding hydrogens is 300 g/mol. The smallest absolute Gasteiger partial charge is 0.315 e. The maximum Gasteiger partial charge on any atom is 0.315 e. The summed E-state index contributed by atoms with van der Waals surface area (Å²) in [5, 5.41) is 6.32. The first kappa shape index (κ1) is 17.3. The second-order valence-corrected chi connectivity index (χ2v) is 7.62. The van der Waals surface area contributed by atoms with E-state index < -0.39 is 0 Å². The van der Waals surface area contributed by atoms with Crippen LogP contribution in [0.25, 0.3) is 0 Å². The molecule has 1 saturated heterocycles. The lowest BCUT2D eigenvalue weighted by molar-refractivity contribution is 0.00623. The van der Waals surface area contributed by atoms with E-state index in [0.29, 0.717) is 12.6 Å². The van der Waals surface area contributed by atoms with Gasteiger partial charge in [0.15, 0.2) is 0 Å². The lowest BCUT2D eigenvalue weighted by Crippen LogP contribution is -2.50. The Morgan fingerprint density at radius 3 is 2.50 bits per heavy atom. The third kappa shape index (κ3) is 3.59. The number of aryl methyl sites for hydroxylation is 3. The highest BCUT2D eigenvalue weighted by Gasteiger charge is 2.44. The van der Waals surface area contributed by atoms with E-state index in [9.17, 15) is 4.79 Å². The number of amides is 2. The molecule has 3 rings (SSSR count). The molecule has 0 bridgehead atoms. The summed E-state index contributed by atoms with van der Waals surface area (Å²) in [4.78, 5) is 12.4. The molecule has 1 aliphatic carbocycles. The van der Waals surface area contributed by atoms with Gasteiger partial charge in [-0.3, -0.25) is 0 Å². The van der Waals surface area contributed by atoms with Gasteiger partial charge >= 0.3 is 6.03 Å². The van der Waals surface area contributed by atoms with E-state index in [0.717, 1.165) is 32.5 Å². The van der Waals surface area contributed by atoms with Gasteiger partial charge in [-0.2, -0.15) is 0 Å². The molecule has 0 radical (unpaired) electrons. The van der Waals surface area contributed by atoms with Crippen molar-refractivity contribution in [3.63, 3.8) is 0 Å². The van der Waals surface area contributed by atoms with Gasteiger partial charge in [-0.05, 0) is 68.6 Å². The molecule has 2 fully saturated rings. The number of hydrogen-bond acceptors (Lipinski definition) is 2. The molecule has 132 valence electrons. The Bertz CT molecular complexity index is 583. The summed E-state index contributed by atoms with van der Waals surface area (Å²) in [6, 6.07) is 4.61. The Balaban J connectivity index is 1.58. The largest absolute Gasteiger partial charge is 0.381 e. The zero-order valence-corrected chi connectivity index (χ0v) is 15.2. The summed E-state index contributed by atoms with van der Waals surface area (Å²) in [5.74, 6) is 0. The summed E-state index contributed by atoms with van der Waals surface area (Å²) < 4.78 is 5.52. The molecule has 1 unspecified atom stereocenters. The Morgan fingerprint density at radius 2 is 1.83 bits per heavy atom. The summed E-state index contributed by atoms with van der Waals surface area (Å²) >= 11 is 0. The van der Waals surface area contributed by atoms with Crippen LogP contribution in [0, 0.1) is 26.2 Å². The van der Waals surface area contributed by atoms with Crippen LogP contribution in [0.5, 0.6) is 0 Å². The molecule has 4 nitrogen and oxygen atoms in total. The molecule has 0 aromatic heterocycles. The fourth-order valence-electron chi connectivity index (χ4n) is 4.61. The van der Waals surface area contributed by atoms with Gasteiger partial charge < -0.3 is 15.4 Å². The van der Waals surface area contributed by atoms with E-state index in [2.05, 4.69) is 43.5 Å². The van der Waals surface area contributed by atoms with Gasteiger partial charge in [0.05, 0.1) is 0 Å². The second kappa shape index (κ2) is 7.14. The number of benzene rings is 1. The summed E-state index contributed by atoms with van der Waals surface area (Å²) in [5.41, 5.74) is 5.25. The van der Waals surface area contributed by atoms with Crippen LogP contribution in [0.4, 0.5) is 4.79 Å². The van der Waals surface area contributed by atoms with Gasteiger partial charge in [0.2, 0.25) is 0 Å². The average molecular weight is 330 g/mol. The van der Waals surface area contributed by atoms with Gasteiger partial charge in [0.1, 0.15) is 0 Å². The lowest BCUT2D eigenvalue weighted by atomic mass is 9.75. The Hall–Kier alpha value is -1.55. The summed E-state index contributed by atoms with van der Waals surface area (Å²) in [6.45, 7) is 8.60. The summed E-state index contributed by atoms with van der Waals surface area (Å²) in [7, 11) is 0. The fourth-order valence-corrected chi connectivity index (χ4v) is 4.61. The SMILES string of the molecule is Cc1cc(C)c(CNC(=O)NC2CCCC23CCOCC3)c(C)c1. The Kier molecular flexibility index (Phi) is 5.14. The number of urea groups is 1. The third-order valence-corrected chi connectivity index (χ3v) is 5.97. The Labute approximate surface area is 145 Å². The second-order valence-electron chi connectivity index (χ2n) is 7.62. The molecule has 1 aromatic carbocycles. The van der Waals surface area contributed by atoms with Crippen molar-refractivity contribution in [2.45, 2.75) is 65.5 Å². The highest BCUT2D eigenvalue weighted by atomic mass is 16.5. The highest BCUT2D eigenvalue weighted by Crippen LogP contribution is 2.45. The topological polar surface area (TPSA) is 50.4 Å². The van der Waals surface area contributed by atoms with Crippen LogP contribution in [-0.2, 0) is 11.3 Å². The molecule has 2 N–H and O–H groups in total. The Morgan fingerprint density at radius 1 is 1.17 bits per heavy atom. The van der Waals surface area contributed by atoms with Crippen molar-refractivity contribution in [1.82, 2.24) is 10.6 Å². The number of ether oxygens (including phenoxy) is 1. The molecule has 24 heavy (non-hydrogen) atoms. The highest BCUT2D eigenvalue weighted by molar-refractivity contribution is 5.74. The molecule has 4 heteroatoms. The van der Waals surface area contributed by atoms with E-state index in [1.54, 1.807) is 0 Å². The maximum absolute atomic E-state index is 12.4. The minimum Gasteiger partial charge on any atom is -0.381 e. The maximum atomic E-state index is 12.4. The van der Waals surface area contributed by atoms with Crippen molar-refractivity contribution in [3.05, 3.63) is 34.4 Å². The zero-order valence-electron chi connectivity index (χ0n) is 15.2. The quantitative estimate of drug-likeness (QED) is 0.886. The van der Waals surface area contributed by atoms with E-state index in [1.165, 1.54) is 35.1 Å². The first-order valence-corrected chi connectivity index (χ1v) is 9.19. The van der Waals surface area contributed by atoms with Crippen LogP contribution >= 0.6 is 0 Å².